The van der Waals surface area contributed by atoms with Gasteiger partial charge in [0.1, 0.15) is 6.54 Å². The quantitative estimate of drug-likeness (QED) is 0.790. The fourth-order valence-corrected chi connectivity index (χ4v) is 1.47. The molecule has 2 N–H and O–H groups in total. The Balaban J connectivity index is 4.26. The third-order valence-corrected chi connectivity index (χ3v) is 2.34. The number of hydrogen-bond donors (Lipinski definition) is 1. The highest BCUT2D eigenvalue weighted by Gasteiger charge is 2.33. The molecule has 0 fully saturated rings. The number of nitrogens with zero attached hydrogens (tertiary/aromatic N) is 1. The van der Waals surface area contributed by atoms with Crippen LogP contribution in [0.4, 0.5) is 13.2 Å². The second kappa shape index (κ2) is 6.83. The Bertz CT molecular complexity index is 239. The van der Waals surface area contributed by atoms with E-state index in [2.05, 4.69) is 0 Å². The van der Waals surface area contributed by atoms with Crippen molar-refractivity contribution in [3.8, 4) is 0 Å². The van der Waals surface area contributed by atoms with E-state index in [-0.39, 0.29) is 12.5 Å². The normalized spacial score (nSPS) is 13.9. The zero-order chi connectivity index (χ0) is 13.6. The summed E-state index contributed by atoms with van der Waals surface area (Å²) in [4.78, 5) is 12.5. The number of amides is 1. The van der Waals surface area contributed by atoms with Crippen LogP contribution < -0.4 is 5.73 Å². The Morgan fingerprint density at radius 2 is 1.82 bits per heavy atom. The minimum absolute atomic E-state index is 0.0297. The monoisotopic (exact) mass is 254 g/mol. The number of hydrogen-bond acceptors (Lipinski definition) is 2. The van der Waals surface area contributed by atoms with Crippen LogP contribution in [0.3, 0.4) is 0 Å². The van der Waals surface area contributed by atoms with Crippen molar-refractivity contribution >= 4 is 5.91 Å². The van der Waals surface area contributed by atoms with Gasteiger partial charge in [-0.3, -0.25) is 4.79 Å². The minimum atomic E-state index is -4.35. The van der Waals surface area contributed by atoms with E-state index in [9.17, 15) is 18.0 Å². The van der Waals surface area contributed by atoms with Crippen molar-refractivity contribution < 1.29 is 18.0 Å². The maximum Gasteiger partial charge on any atom is 0.406 e. The number of halogens is 3. The topological polar surface area (TPSA) is 46.3 Å². The molecule has 6 heteroatoms. The van der Waals surface area contributed by atoms with Gasteiger partial charge in [-0.25, -0.2) is 0 Å². The molecular formula is C11H21F3N2O. The number of nitrogens with two attached hydrogens (primary N) is 1. The molecule has 1 amide bonds. The number of carbonyl (C=O) groups is 1. The standard InChI is InChI=1S/C11H21F3N2O/c1-8(2)16(7-11(12,13)14)10(17)6-4-5-9(3)15/h8-9H,4-7,15H2,1-3H3. The molecule has 17 heavy (non-hydrogen) atoms. The van der Waals surface area contributed by atoms with E-state index in [0.29, 0.717) is 12.8 Å². The fraction of sp³-hybridized carbons (Fsp3) is 0.909. The molecular weight excluding hydrogens is 233 g/mol. The Kier molecular flexibility index (Phi) is 6.52. The van der Waals surface area contributed by atoms with Crippen molar-refractivity contribution in [1.29, 1.82) is 0 Å². The zero-order valence-corrected chi connectivity index (χ0v) is 10.5. The average molecular weight is 254 g/mol. The van der Waals surface area contributed by atoms with E-state index in [1.54, 1.807) is 20.8 Å². The summed E-state index contributed by atoms with van der Waals surface area (Å²) in [5.41, 5.74) is 5.51. The van der Waals surface area contributed by atoms with Gasteiger partial charge in [0.05, 0.1) is 0 Å². The van der Waals surface area contributed by atoms with Gasteiger partial charge in [0.2, 0.25) is 5.91 Å². The molecule has 0 saturated heterocycles. The van der Waals surface area contributed by atoms with Gasteiger partial charge in [0.25, 0.3) is 0 Å². The summed E-state index contributed by atoms with van der Waals surface area (Å²) in [7, 11) is 0. The lowest BCUT2D eigenvalue weighted by atomic mass is 10.1. The average Bonchev–Trinajstić information content (AvgIpc) is 2.11. The summed E-state index contributed by atoms with van der Waals surface area (Å²) in [5.74, 6) is -0.460. The first-order chi connectivity index (χ1) is 7.63. The molecule has 0 rings (SSSR count). The van der Waals surface area contributed by atoms with Crippen molar-refractivity contribution in [2.75, 3.05) is 6.54 Å². The fourth-order valence-electron chi connectivity index (χ4n) is 1.47. The van der Waals surface area contributed by atoms with E-state index in [1.807, 2.05) is 0 Å². The molecule has 0 bridgehead atoms. The molecule has 0 aromatic heterocycles. The van der Waals surface area contributed by atoms with Crippen LogP contribution in [0.2, 0.25) is 0 Å². The molecule has 0 aromatic carbocycles. The summed E-state index contributed by atoms with van der Waals surface area (Å²) >= 11 is 0. The Morgan fingerprint density at radius 3 is 2.18 bits per heavy atom. The van der Waals surface area contributed by atoms with Crippen LogP contribution in [0, 0.1) is 0 Å². The van der Waals surface area contributed by atoms with Gasteiger partial charge < -0.3 is 10.6 Å². The van der Waals surface area contributed by atoms with E-state index < -0.39 is 24.7 Å². The lowest BCUT2D eigenvalue weighted by Gasteiger charge is -2.27. The molecule has 102 valence electrons. The van der Waals surface area contributed by atoms with Crippen molar-refractivity contribution in [3.63, 3.8) is 0 Å². The van der Waals surface area contributed by atoms with Gasteiger partial charge in [0, 0.05) is 18.5 Å². The first kappa shape index (κ1) is 16.2. The first-order valence-electron chi connectivity index (χ1n) is 5.75. The smallest absolute Gasteiger partial charge is 0.331 e. The third kappa shape index (κ3) is 8.01. The van der Waals surface area contributed by atoms with Crippen LogP contribution >= 0.6 is 0 Å². The van der Waals surface area contributed by atoms with Gasteiger partial charge in [-0.2, -0.15) is 13.2 Å². The molecule has 0 aliphatic rings. The lowest BCUT2D eigenvalue weighted by Crippen LogP contribution is -2.43. The molecule has 3 nitrogen and oxygen atoms in total. The molecule has 1 unspecified atom stereocenters. The number of rotatable bonds is 6. The molecule has 0 aliphatic heterocycles. The Morgan fingerprint density at radius 1 is 1.29 bits per heavy atom. The molecule has 0 saturated carbocycles. The van der Waals surface area contributed by atoms with E-state index in [4.69, 9.17) is 5.73 Å². The van der Waals surface area contributed by atoms with Gasteiger partial charge in [-0.1, -0.05) is 0 Å². The van der Waals surface area contributed by atoms with Crippen LogP contribution in [0.1, 0.15) is 40.0 Å². The van der Waals surface area contributed by atoms with Crippen molar-refractivity contribution in [2.45, 2.75) is 58.3 Å². The van der Waals surface area contributed by atoms with Crippen LogP contribution in [-0.2, 0) is 4.79 Å². The predicted octanol–water partition coefficient (Wildman–Crippen LogP) is 2.30. The van der Waals surface area contributed by atoms with E-state index in [0.717, 1.165) is 4.90 Å². The van der Waals surface area contributed by atoms with Gasteiger partial charge >= 0.3 is 6.18 Å². The largest absolute Gasteiger partial charge is 0.406 e. The molecule has 0 heterocycles. The lowest BCUT2D eigenvalue weighted by molar-refractivity contribution is -0.164. The van der Waals surface area contributed by atoms with Gasteiger partial charge in [-0.15, -0.1) is 0 Å². The van der Waals surface area contributed by atoms with E-state index in [1.165, 1.54) is 0 Å². The Labute approximate surface area is 100 Å². The summed E-state index contributed by atoms with van der Waals surface area (Å²) in [6, 6.07) is -0.475. The second-order valence-electron chi connectivity index (χ2n) is 4.60. The SMILES string of the molecule is CC(N)CCCC(=O)N(CC(F)(F)F)C(C)C. The Hall–Kier alpha value is -0.780. The van der Waals surface area contributed by atoms with Crippen LogP contribution in [0.15, 0.2) is 0 Å². The molecule has 0 radical (unpaired) electrons. The number of alkyl halides is 3. The highest BCUT2D eigenvalue weighted by Crippen LogP contribution is 2.19. The van der Waals surface area contributed by atoms with Crippen LogP contribution in [0.5, 0.6) is 0 Å². The predicted molar refractivity (Wildman–Crippen MR) is 60.4 cm³/mol. The minimum Gasteiger partial charge on any atom is -0.331 e. The van der Waals surface area contributed by atoms with Gasteiger partial charge in [0.15, 0.2) is 0 Å². The van der Waals surface area contributed by atoms with Crippen molar-refractivity contribution in [1.82, 2.24) is 4.90 Å². The van der Waals surface area contributed by atoms with Crippen LogP contribution in [-0.4, -0.2) is 35.6 Å². The molecule has 1 atom stereocenters. The van der Waals surface area contributed by atoms with Crippen molar-refractivity contribution in [3.05, 3.63) is 0 Å². The second-order valence-corrected chi connectivity index (χ2v) is 4.60. The highest BCUT2D eigenvalue weighted by molar-refractivity contribution is 5.76. The van der Waals surface area contributed by atoms with E-state index >= 15 is 0 Å². The molecule has 0 aliphatic carbocycles. The maximum absolute atomic E-state index is 12.3. The summed E-state index contributed by atoms with van der Waals surface area (Å²) in [5, 5.41) is 0. The summed E-state index contributed by atoms with van der Waals surface area (Å²) in [6.45, 7) is 3.78. The highest BCUT2D eigenvalue weighted by atomic mass is 19.4. The number of carbonyl (C=O) groups excluding carboxylic acids is 1. The van der Waals surface area contributed by atoms with Gasteiger partial charge in [-0.05, 0) is 33.6 Å². The van der Waals surface area contributed by atoms with Crippen LogP contribution in [0.25, 0.3) is 0 Å². The first-order valence-corrected chi connectivity index (χ1v) is 5.75. The van der Waals surface area contributed by atoms with Crippen molar-refractivity contribution in [2.24, 2.45) is 5.73 Å². The zero-order valence-electron chi connectivity index (χ0n) is 10.5. The molecule has 0 spiro atoms. The summed E-state index contributed by atoms with van der Waals surface area (Å²) in [6.07, 6.45) is -3.06. The molecule has 0 aromatic rings. The summed E-state index contributed by atoms with van der Waals surface area (Å²) < 4.78 is 36.8. The third-order valence-electron chi connectivity index (χ3n) is 2.34. The maximum atomic E-state index is 12.3.